The van der Waals surface area contributed by atoms with Crippen LogP contribution in [0.5, 0.6) is 0 Å². The largest absolute Gasteiger partial charge is 0.381 e. The first-order chi connectivity index (χ1) is 6.36. The number of nitrogens with zero attached hydrogens (tertiary/aromatic N) is 1. The lowest BCUT2D eigenvalue weighted by Crippen LogP contribution is -2.03. The first kappa shape index (κ1) is 7.79. The monoisotopic (exact) mass is 176 g/mol. The molecule has 0 spiro atoms. The van der Waals surface area contributed by atoms with E-state index in [0.717, 1.165) is 5.56 Å². The number of aromatic nitrogens is 2. The third-order valence-corrected chi connectivity index (χ3v) is 1.77. The van der Waals surface area contributed by atoms with Crippen molar-refractivity contribution in [2.45, 2.75) is 6.42 Å². The van der Waals surface area contributed by atoms with E-state index in [0.29, 0.717) is 12.1 Å². The molecular formula is C9H8N2O2. The van der Waals surface area contributed by atoms with Gasteiger partial charge in [-0.05, 0) is 5.56 Å². The van der Waals surface area contributed by atoms with Crippen molar-refractivity contribution < 1.29 is 4.52 Å². The van der Waals surface area contributed by atoms with Crippen molar-refractivity contribution in [3.8, 4) is 0 Å². The Hall–Kier alpha value is -1.84. The molecule has 0 amide bonds. The Morgan fingerprint density at radius 1 is 1.31 bits per heavy atom. The highest BCUT2D eigenvalue weighted by Gasteiger charge is 2.04. The molecule has 0 radical (unpaired) electrons. The lowest BCUT2D eigenvalue weighted by Gasteiger charge is -1.93. The third-order valence-electron chi connectivity index (χ3n) is 1.77. The van der Waals surface area contributed by atoms with Crippen LogP contribution in [-0.2, 0) is 6.42 Å². The fourth-order valence-electron chi connectivity index (χ4n) is 1.12. The van der Waals surface area contributed by atoms with Crippen LogP contribution in [0.4, 0.5) is 0 Å². The van der Waals surface area contributed by atoms with E-state index in [4.69, 9.17) is 0 Å². The number of rotatable bonds is 2. The Balaban J connectivity index is 2.25. The van der Waals surface area contributed by atoms with Crippen LogP contribution in [0.3, 0.4) is 0 Å². The van der Waals surface area contributed by atoms with Gasteiger partial charge in [0, 0.05) is 6.42 Å². The second-order valence-corrected chi connectivity index (χ2v) is 2.70. The topological polar surface area (TPSA) is 58.9 Å². The fourth-order valence-corrected chi connectivity index (χ4v) is 1.12. The molecule has 4 nitrogen and oxygen atoms in total. The van der Waals surface area contributed by atoms with Crippen LogP contribution >= 0.6 is 0 Å². The summed E-state index contributed by atoms with van der Waals surface area (Å²) < 4.78 is 4.45. The smallest absolute Gasteiger partial charge is 0.320 e. The number of hydrogen-bond donors (Lipinski definition) is 1. The molecule has 1 aromatic carbocycles. The van der Waals surface area contributed by atoms with E-state index in [1.807, 2.05) is 30.3 Å². The van der Waals surface area contributed by atoms with Gasteiger partial charge in [-0.3, -0.25) is 0 Å². The zero-order chi connectivity index (χ0) is 9.10. The zero-order valence-corrected chi connectivity index (χ0v) is 6.86. The molecule has 13 heavy (non-hydrogen) atoms. The van der Waals surface area contributed by atoms with Crippen molar-refractivity contribution in [2.24, 2.45) is 0 Å². The van der Waals surface area contributed by atoms with Crippen molar-refractivity contribution >= 4 is 0 Å². The van der Waals surface area contributed by atoms with E-state index in [1.165, 1.54) is 0 Å². The number of aromatic amines is 1. The van der Waals surface area contributed by atoms with Crippen LogP contribution in [0.25, 0.3) is 0 Å². The molecule has 4 heteroatoms. The maximum absolute atomic E-state index is 11.0. The average Bonchev–Trinajstić information content (AvgIpc) is 2.54. The molecule has 0 unspecified atom stereocenters. The van der Waals surface area contributed by atoms with Gasteiger partial charge in [0.25, 0.3) is 0 Å². The average molecular weight is 176 g/mol. The summed E-state index contributed by atoms with van der Waals surface area (Å²) in [7, 11) is 0. The third kappa shape index (κ3) is 1.66. The van der Waals surface area contributed by atoms with Gasteiger partial charge in [-0.15, -0.1) is 10.4 Å². The van der Waals surface area contributed by atoms with Crippen LogP contribution in [-0.4, -0.2) is 10.4 Å². The Labute approximate surface area is 74.2 Å². The molecule has 0 aliphatic rings. The first-order valence-electron chi connectivity index (χ1n) is 3.93. The number of benzene rings is 1. The van der Waals surface area contributed by atoms with Crippen LogP contribution in [0, 0.1) is 0 Å². The van der Waals surface area contributed by atoms with E-state index in [2.05, 4.69) is 14.9 Å². The van der Waals surface area contributed by atoms with Gasteiger partial charge in [0.15, 0.2) is 5.69 Å². The second-order valence-electron chi connectivity index (χ2n) is 2.70. The Bertz CT molecular complexity index is 430. The molecule has 2 aromatic rings. The van der Waals surface area contributed by atoms with Gasteiger partial charge in [0.1, 0.15) is 0 Å². The zero-order valence-electron chi connectivity index (χ0n) is 6.86. The van der Waals surface area contributed by atoms with Gasteiger partial charge in [-0.2, -0.15) is 0 Å². The minimum atomic E-state index is -0.399. The fraction of sp³-hybridized carbons (Fsp3) is 0.111. The van der Waals surface area contributed by atoms with Gasteiger partial charge < -0.3 is 4.52 Å². The molecule has 1 aromatic heterocycles. The highest BCUT2D eigenvalue weighted by molar-refractivity contribution is 5.19. The Morgan fingerprint density at radius 2 is 2.08 bits per heavy atom. The molecule has 0 saturated heterocycles. The highest BCUT2D eigenvalue weighted by Crippen LogP contribution is 2.02. The van der Waals surface area contributed by atoms with Crippen molar-refractivity contribution in [3.05, 3.63) is 52.0 Å². The van der Waals surface area contributed by atoms with Crippen LogP contribution in [0.1, 0.15) is 11.3 Å². The number of hydrogen-bond acceptors (Lipinski definition) is 3. The molecule has 0 saturated carbocycles. The Kier molecular flexibility index (Phi) is 1.96. The van der Waals surface area contributed by atoms with Crippen molar-refractivity contribution in [2.75, 3.05) is 0 Å². The number of H-pyrrole nitrogens is 1. The summed E-state index contributed by atoms with van der Waals surface area (Å²) in [6.45, 7) is 0. The quantitative estimate of drug-likeness (QED) is 0.741. The van der Waals surface area contributed by atoms with Gasteiger partial charge in [-0.25, -0.2) is 4.79 Å². The Morgan fingerprint density at radius 3 is 2.69 bits per heavy atom. The molecule has 1 heterocycles. The summed E-state index contributed by atoms with van der Waals surface area (Å²) in [6, 6.07) is 9.64. The van der Waals surface area contributed by atoms with E-state index < -0.39 is 5.63 Å². The van der Waals surface area contributed by atoms with E-state index >= 15 is 0 Å². The minimum absolute atomic E-state index is 0.399. The van der Waals surface area contributed by atoms with Crippen molar-refractivity contribution in [1.29, 1.82) is 0 Å². The predicted molar refractivity (Wildman–Crippen MR) is 46.4 cm³/mol. The highest BCUT2D eigenvalue weighted by atomic mass is 16.5. The predicted octanol–water partition coefficient (Wildman–Crippen LogP) is 0.954. The van der Waals surface area contributed by atoms with Crippen LogP contribution in [0.2, 0.25) is 0 Å². The molecule has 66 valence electrons. The van der Waals surface area contributed by atoms with Crippen molar-refractivity contribution in [3.63, 3.8) is 0 Å². The van der Waals surface area contributed by atoms with Gasteiger partial charge >= 0.3 is 5.63 Å². The molecule has 0 fully saturated rings. The molecule has 1 N–H and O–H groups in total. The molecule has 0 aliphatic heterocycles. The maximum Gasteiger partial charge on any atom is 0.381 e. The summed E-state index contributed by atoms with van der Waals surface area (Å²) >= 11 is 0. The summed E-state index contributed by atoms with van der Waals surface area (Å²) in [4.78, 5) is 11.0. The minimum Gasteiger partial charge on any atom is -0.320 e. The van der Waals surface area contributed by atoms with E-state index in [1.54, 1.807) is 0 Å². The SMILES string of the molecule is O=c1o[nH]nc1Cc1ccccc1. The lowest BCUT2D eigenvalue weighted by atomic mass is 10.1. The van der Waals surface area contributed by atoms with Gasteiger partial charge in [0.05, 0.1) is 0 Å². The maximum atomic E-state index is 11.0. The molecule has 0 bridgehead atoms. The van der Waals surface area contributed by atoms with E-state index in [-0.39, 0.29) is 0 Å². The normalized spacial score (nSPS) is 10.2. The lowest BCUT2D eigenvalue weighted by molar-refractivity contribution is 0.368. The summed E-state index contributed by atoms with van der Waals surface area (Å²) in [5, 5.41) is 5.89. The summed E-state index contributed by atoms with van der Waals surface area (Å²) in [5.41, 5.74) is 1.05. The second kappa shape index (κ2) is 3.26. The van der Waals surface area contributed by atoms with Crippen LogP contribution in [0.15, 0.2) is 39.6 Å². The van der Waals surface area contributed by atoms with E-state index in [9.17, 15) is 4.79 Å². The molecule has 2 rings (SSSR count). The molecule has 0 aliphatic carbocycles. The van der Waals surface area contributed by atoms with Crippen molar-refractivity contribution in [1.82, 2.24) is 10.4 Å². The first-order valence-corrected chi connectivity index (χ1v) is 3.93. The summed E-state index contributed by atoms with van der Waals surface area (Å²) in [6.07, 6.45) is 0.507. The van der Waals surface area contributed by atoms with Gasteiger partial charge in [-0.1, -0.05) is 30.3 Å². The van der Waals surface area contributed by atoms with Crippen LogP contribution < -0.4 is 5.63 Å². The standard InChI is InChI=1S/C9H8N2O2/c12-9-8(10-11-13-9)6-7-4-2-1-3-5-7/h1-5,11H,6H2. The number of nitrogens with one attached hydrogen (secondary N) is 1. The summed E-state index contributed by atoms with van der Waals surface area (Å²) in [5.74, 6) is 0. The molecule has 0 atom stereocenters. The van der Waals surface area contributed by atoms with Gasteiger partial charge in [0.2, 0.25) is 0 Å². The molecular weight excluding hydrogens is 168 g/mol.